The first-order chi connectivity index (χ1) is 13.7. The van der Waals surface area contributed by atoms with Crippen molar-refractivity contribution in [2.45, 2.75) is 13.5 Å². The van der Waals surface area contributed by atoms with E-state index in [1.807, 2.05) is 24.3 Å². The van der Waals surface area contributed by atoms with E-state index in [9.17, 15) is 18.4 Å². The lowest BCUT2D eigenvalue weighted by molar-refractivity contribution is 0.577. The molecule has 0 aliphatic carbocycles. The minimum absolute atomic E-state index is 0.0587. The summed E-state index contributed by atoms with van der Waals surface area (Å²) in [5.74, 6) is -1.36. The molecule has 4 rings (SSSR count). The average molecular weight is 395 g/mol. The molecule has 0 amide bonds. The van der Waals surface area contributed by atoms with E-state index in [-0.39, 0.29) is 17.8 Å². The molecule has 0 spiro atoms. The molecule has 0 aliphatic heterocycles. The summed E-state index contributed by atoms with van der Waals surface area (Å²) in [6.45, 7) is 1.82. The number of aromatic nitrogens is 3. The molecule has 0 bridgehead atoms. The number of nitrogens with zero attached hydrogens (tertiary/aromatic N) is 3. The molecule has 29 heavy (non-hydrogen) atoms. The van der Waals surface area contributed by atoms with Gasteiger partial charge in [-0.05, 0) is 53.9 Å². The van der Waals surface area contributed by atoms with E-state index in [4.69, 9.17) is 0 Å². The highest BCUT2D eigenvalue weighted by Crippen LogP contribution is 2.24. The van der Waals surface area contributed by atoms with E-state index in [1.165, 1.54) is 25.8 Å². The van der Waals surface area contributed by atoms with Gasteiger partial charge in [0.15, 0.2) is 0 Å². The third kappa shape index (κ3) is 3.29. The molecule has 7 heteroatoms. The summed E-state index contributed by atoms with van der Waals surface area (Å²) < 4.78 is 31.6. The number of hydrogen-bond donors (Lipinski definition) is 0. The van der Waals surface area contributed by atoms with E-state index in [0.29, 0.717) is 22.2 Å². The third-order valence-electron chi connectivity index (χ3n) is 5.10. The quantitative estimate of drug-likeness (QED) is 0.534. The Morgan fingerprint density at radius 2 is 1.55 bits per heavy atom. The smallest absolute Gasteiger partial charge is 0.318 e. The number of fused-ring (bicyclic) bond motifs is 1. The second-order valence-corrected chi connectivity index (χ2v) is 7.24. The first kappa shape index (κ1) is 18.9. The Kier molecular flexibility index (Phi) is 4.45. The zero-order chi connectivity index (χ0) is 20.9. The fraction of sp³-hybridized carbons (Fsp3) is 0.182. The summed E-state index contributed by atoms with van der Waals surface area (Å²) in [5.41, 5.74) is 3.73. The zero-order valence-electron chi connectivity index (χ0n) is 16.2. The van der Waals surface area contributed by atoms with E-state index in [2.05, 4.69) is 0 Å². The fourth-order valence-electron chi connectivity index (χ4n) is 3.66. The maximum absolute atomic E-state index is 13.5. The van der Waals surface area contributed by atoms with Gasteiger partial charge < -0.3 is 4.57 Å². The highest BCUT2D eigenvalue weighted by molar-refractivity contribution is 5.82. The molecule has 0 saturated heterocycles. The minimum atomic E-state index is -0.680. The normalized spacial score (nSPS) is 11.3. The van der Waals surface area contributed by atoms with Crippen molar-refractivity contribution in [1.82, 2.24) is 13.7 Å². The second-order valence-electron chi connectivity index (χ2n) is 7.24. The van der Waals surface area contributed by atoms with Crippen molar-refractivity contribution in [3.8, 4) is 11.1 Å². The van der Waals surface area contributed by atoms with Gasteiger partial charge in [-0.3, -0.25) is 13.9 Å². The van der Waals surface area contributed by atoms with E-state index in [0.717, 1.165) is 17.2 Å². The molecule has 5 nitrogen and oxygen atoms in total. The maximum atomic E-state index is 13.5. The summed E-state index contributed by atoms with van der Waals surface area (Å²) in [7, 11) is 3.35. The van der Waals surface area contributed by atoms with Crippen LogP contribution >= 0.6 is 0 Å². The van der Waals surface area contributed by atoms with Gasteiger partial charge in [-0.25, -0.2) is 13.6 Å². The average Bonchev–Trinajstić information content (AvgIpc) is 2.89. The lowest BCUT2D eigenvalue weighted by Gasteiger charge is -2.08. The van der Waals surface area contributed by atoms with Crippen molar-refractivity contribution < 1.29 is 8.78 Å². The Morgan fingerprint density at radius 3 is 2.21 bits per heavy atom. The Morgan fingerprint density at radius 1 is 0.862 bits per heavy atom. The van der Waals surface area contributed by atoms with Crippen molar-refractivity contribution in [3.05, 3.63) is 92.3 Å². The van der Waals surface area contributed by atoms with E-state index in [1.54, 1.807) is 27.2 Å². The predicted octanol–water partition coefficient (Wildman–Crippen LogP) is 3.34. The van der Waals surface area contributed by atoms with Gasteiger partial charge in [0.2, 0.25) is 0 Å². The van der Waals surface area contributed by atoms with Crippen LogP contribution in [0.3, 0.4) is 0 Å². The van der Waals surface area contributed by atoms with Crippen LogP contribution in [0.5, 0.6) is 0 Å². The molecule has 0 atom stereocenters. The van der Waals surface area contributed by atoms with Crippen LogP contribution < -0.4 is 11.2 Å². The Bertz CT molecular complexity index is 1330. The summed E-state index contributed by atoms with van der Waals surface area (Å²) in [6, 6.07) is 10.6. The van der Waals surface area contributed by atoms with Gasteiger partial charge in [-0.1, -0.05) is 6.07 Å². The highest BCUT2D eigenvalue weighted by atomic mass is 19.1. The summed E-state index contributed by atoms with van der Waals surface area (Å²) >= 11 is 0. The van der Waals surface area contributed by atoms with Crippen LogP contribution in [0.25, 0.3) is 22.2 Å². The summed E-state index contributed by atoms with van der Waals surface area (Å²) in [6.07, 6.45) is 1.75. The lowest BCUT2D eigenvalue weighted by Crippen LogP contribution is -2.22. The third-order valence-corrected chi connectivity index (χ3v) is 5.10. The Balaban J connectivity index is 1.84. The molecule has 4 aromatic rings. The molecule has 0 N–H and O–H groups in total. The number of rotatable bonds is 3. The Hall–Kier alpha value is -3.48. The van der Waals surface area contributed by atoms with Crippen molar-refractivity contribution in [1.29, 1.82) is 0 Å². The first-order valence-corrected chi connectivity index (χ1v) is 9.06. The number of aryl methyl sites for hydroxylation is 3. The van der Waals surface area contributed by atoms with Crippen LogP contribution in [-0.4, -0.2) is 13.7 Å². The molecule has 2 aromatic heterocycles. The van der Waals surface area contributed by atoms with E-state index >= 15 is 0 Å². The van der Waals surface area contributed by atoms with Crippen LogP contribution in [0.15, 0.2) is 58.3 Å². The zero-order valence-corrected chi connectivity index (χ0v) is 16.2. The van der Waals surface area contributed by atoms with Crippen molar-refractivity contribution in [2.24, 2.45) is 14.1 Å². The molecule has 0 unspecified atom stereocenters. The van der Waals surface area contributed by atoms with E-state index < -0.39 is 11.6 Å². The predicted molar refractivity (Wildman–Crippen MR) is 108 cm³/mol. The minimum Gasteiger partial charge on any atom is -0.318 e. The van der Waals surface area contributed by atoms with Gasteiger partial charge in [0.05, 0.1) is 17.6 Å². The van der Waals surface area contributed by atoms with Crippen LogP contribution in [0.4, 0.5) is 8.78 Å². The molecular formula is C22H19F2N3O2. The first-order valence-electron chi connectivity index (χ1n) is 9.06. The summed E-state index contributed by atoms with van der Waals surface area (Å²) in [5, 5.41) is 0. The van der Waals surface area contributed by atoms with Gasteiger partial charge in [0.25, 0.3) is 5.56 Å². The van der Waals surface area contributed by atoms with Crippen LogP contribution in [0, 0.1) is 18.6 Å². The standard InChI is InChI=1S/C22H19F2N3O2/c1-13-6-16(12-25(2)21(13)28)15-4-5-19-20(9-15)26(3)22(29)27(19)11-14-7-17(23)10-18(24)8-14/h4-10,12H,11H2,1-3H3. The van der Waals surface area contributed by atoms with Gasteiger partial charge in [0, 0.05) is 31.9 Å². The number of hydrogen-bond acceptors (Lipinski definition) is 2. The van der Waals surface area contributed by atoms with Gasteiger partial charge >= 0.3 is 5.69 Å². The number of halogens is 2. The van der Waals surface area contributed by atoms with Crippen LogP contribution in [0.1, 0.15) is 11.1 Å². The van der Waals surface area contributed by atoms with Gasteiger partial charge in [0.1, 0.15) is 11.6 Å². The van der Waals surface area contributed by atoms with Crippen molar-refractivity contribution >= 4 is 11.0 Å². The molecule has 148 valence electrons. The SMILES string of the molecule is Cc1cc(-c2ccc3c(c2)n(C)c(=O)n3Cc2cc(F)cc(F)c2)cn(C)c1=O. The van der Waals surface area contributed by atoms with Gasteiger partial charge in [-0.2, -0.15) is 0 Å². The van der Waals surface area contributed by atoms with Crippen LogP contribution in [-0.2, 0) is 20.6 Å². The largest absolute Gasteiger partial charge is 0.329 e. The molecule has 0 aliphatic rings. The van der Waals surface area contributed by atoms with Crippen molar-refractivity contribution in [3.63, 3.8) is 0 Å². The monoisotopic (exact) mass is 395 g/mol. The van der Waals surface area contributed by atoms with Crippen LogP contribution in [0.2, 0.25) is 0 Å². The molecule has 0 saturated carbocycles. The molecule has 2 heterocycles. The second kappa shape index (κ2) is 6.84. The topological polar surface area (TPSA) is 48.9 Å². The van der Waals surface area contributed by atoms with Crippen molar-refractivity contribution in [2.75, 3.05) is 0 Å². The maximum Gasteiger partial charge on any atom is 0.329 e. The lowest BCUT2D eigenvalue weighted by atomic mass is 10.1. The number of benzene rings is 2. The molecule has 2 aromatic carbocycles. The highest BCUT2D eigenvalue weighted by Gasteiger charge is 2.14. The van der Waals surface area contributed by atoms with Gasteiger partial charge in [-0.15, -0.1) is 0 Å². The molecular weight excluding hydrogens is 376 g/mol. The summed E-state index contributed by atoms with van der Waals surface area (Å²) in [4.78, 5) is 24.7. The molecule has 0 radical (unpaired) electrons. The Labute approximate surface area is 165 Å². The molecule has 0 fully saturated rings. The fourth-order valence-corrected chi connectivity index (χ4v) is 3.66. The number of imidazole rings is 1. The number of pyridine rings is 1.